The third-order valence-corrected chi connectivity index (χ3v) is 8.36. The molecular weight excluding hydrogens is 517 g/mol. The number of hydrogen-bond donors (Lipinski definition) is 3. The van der Waals surface area contributed by atoms with Crippen molar-refractivity contribution >= 4 is 11.4 Å². The van der Waals surface area contributed by atoms with Crippen molar-refractivity contribution in [3.63, 3.8) is 0 Å². The van der Waals surface area contributed by atoms with Crippen LogP contribution in [0.25, 0.3) is 0 Å². The predicted molar refractivity (Wildman–Crippen MR) is 102 cm³/mol. The first-order valence-corrected chi connectivity index (χ1v) is 12.4. The molecule has 0 spiro atoms. The van der Waals surface area contributed by atoms with Crippen molar-refractivity contribution in [3.05, 3.63) is 29.6 Å². The van der Waals surface area contributed by atoms with Gasteiger partial charge in [0.2, 0.25) is 0 Å². The van der Waals surface area contributed by atoms with Crippen LogP contribution in [-0.2, 0) is 6.54 Å². The van der Waals surface area contributed by atoms with Crippen LogP contribution >= 0.6 is 0 Å². The van der Waals surface area contributed by atoms with Gasteiger partial charge in [-0.2, -0.15) is 0 Å². The van der Waals surface area contributed by atoms with Crippen LogP contribution < -0.4 is 32.6 Å². The second-order valence-electron chi connectivity index (χ2n) is 7.54. The maximum atomic E-state index is 14.4. The van der Waals surface area contributed by atoms with Gasteiger partial charge in [-0.15, -0.1) is 0 Å². The van der Waals surface area contributed by atoms with E-state index in [4.69, 9.17) is 5.73 Å². The average Bonchev–Trinajstić information content (AvgIpc) is 3.07. The molecule has 1 aromatic rings. The molecule has 2 aliphatic heterocycles. The molecule has 11 heteroatoms. The molecule has 0 aromatic heterocycles. The third kappa shape index (κ3) is 6.17. The van der Waals surface area contributed by atoms with E-state index in [1.165, 1.54) is 18.9 Å². The summed E-state index contributed by atoms with van der Waals surface area (Å²) >= 11 is -0.496. The molecule has 0 saturated carbocycles. The monoisotopic (exact) mass is 544 g/mol. The topological polar surface area (TPSA) is 77.1 Å². The molecule has 1 fully saturated rings. The van der Waals surface area contributed by atoms with Gasteiger partial charge in [-0.25, -0.2) is 0 Å². The summed E-state index contributed by atoms with van der Waals surface area (Å²) in [5.74, 6) is -0.561. The number of nitrogens with two attached hydrogens (primary N) is 1. The van der Waals surface area contributed by atoms with Gasteiger partial charge in [0.05, 0.1) is 0 Å². The van der Waals surface area contributed by atoms with Crippen molar-refractivity contribution in [2.45, 2.75) is 57.1 Å². The predicted octanol–water partition coefficient (Wildman–Crippen LogP) is -0.354. The van der Waals surface area contributed by atoms with Crippen LogP contribution in [0.4, 0.5) is 23.2 Å². The Kier molecular flexibility index (Phi) is 8.16. The fourth-order valence-corrected chi connectivity index (χ4v) is 6.34. The van der Waals surface area contributed by atoms with E-state index in [1.807, 2.05) is 0 Å². The van der Waals surface area contributed by atoms with Crippen LogP contribution in [-0.4, -0.2) is 54.9 Å². The molecule has 0 aliphatic carbocycles. The van der Waals surface area contributed by atoms with E-state index in [-0.39, 0.29) is 12.2 Å². The van der Waals surface area contributed by atoms with Crippen LogP contribution in [0.3, 0.4) is 0 Å². The Hall–Kier alpha value is -1.18. The molecule has 30 heavy (non-hydrogen) atoms. The van der Waals surface area contributed by atoms with Crippen LogP contribution in [0.2, 0.25) is 0 Å². The Bertz CT molecular complexity index is 740. The van der Waals surface area contributed by atoms with Gasteiger partial charge in [0, 0.05) is 0 Å². The number of halogens is 5. The van der Waals surface area contributed by atoms with Gasteiger partial charge in [0.25, 0.3) is 0 Å². The van der Waals surface area contributed by atoms with Gasteiger partial charge in [-0.1, -0.05) is 0 Å². The van der Waals surface area contributed by atoms with E-state index < -0.39 is 57.9 Å². The Balaban J connectivity index is 1.70. The summed E-state index contributed by atoms with van der Waals surface area (Å²) in [6.45, 7) is 2.05. The van der Waals surface area contributed by atoms with Crippen LogP contribution in [0.15, 0.2) is 23.3 Å². The Labute approximate surface area is 184 Å². The summed E-state index contributed by atoms with van der Waals surface area (Å²) in [5.41, 5.74) is 7.44. The average molecular weight is 544 g/mol. The van der Waals surface area contributed by atoms with Crippen LogP contribution in [0, 0.1) is 5.82 Å². The number of hydrogen-bond acceptors (Lipinski definition) is 6. The number of nitrogens with zero attached hydrogens (tertiary/aromatic N) is 3. The molecule has 2 heterocycles. The third-order valence-electron chi connectivity index (χ3n) is 5.25. The number of nitrogen functional groups attached to an aromatic ring is 1. The number of anilines is 1. The summed E-state index contributed by atoms with van der Waals surface area (Å²) in [6, 6.07) is 3.75. The summed E-state index contributed by atoms with van der Waals surface area (Å²) in [5, 5.41) is 14.2. The van der Waals surface area contributed by atoms with E-state index in [9.17, 15) is 22.7 Å². The maximum absolute atomic E-state index is 14.4. The van der Waals surface area contributed by atoms with Crippen molar-refractivity contribution in [2.75, 3.05) is 23.4 Å². The molecule has 1 saturated heterocycles. The quantitative estimate of drug-likeness (QED) is 0.0833. The van der Waals surface area contributed by atoms with E-state index in [2.05, 4.69) is 13.6 Å². The number of aliphatic hydroxyl groups excluding tert-OH is 1. The fraction of sp³-hybridized carbons (Fsp3) is 0.632. The number of alkyl halides is 4. The van der Waals surface area contributed by atoms with Gasteiger partial charge >= 0.3 is 184 Å². The number of hydrazone groups is 1. The Morgan fingerprint density at radius 2 is 1.97 bits per heavy atom. The minimum absolute atomic E-state index is 0.00541. The standard InChI is InChI=1S/C19H27F4IN5O/c20-17-13(6-5-7-14(17)25)11-28(12-24-29-8-3-1-2-4-9-29)18(30)15-10-16(27-26-15)19(21,22)23/h5-7,15,18,26,30H,1-4,8-12,25H2/q-1. The van der Waals surface area contributed by atoms with E-state index >= 15 is 0 Å². The Morgan fingerprint density at radius 1 is 1.27 bits per heavy atom. The van der Waals surface area contributed by atoms with Crippen molar-refractivity contribution < 1.29 is 44.1 Å². The minimum atomic E-state index is -4.54. The molecule has 2 unspecified atom stereocenters. The molecule has 3 rings (SSSR count). The second kappa shape index (κ2) is 10.4. The summed E-state index contributed by atoms with van der Waals surface area (Å²) in [4.78, 5) is 1.64. The number of rotatable bonds is 7. The zero-order chi connectivity index (χ0) is 21.7. The van der Waals surface area contributed by atoms with E-state index in [0.29, 0.717) is 10.1 Å². The van der Waals surface area contributed by atoms with E-state index in [0.717, 1.165) is 25.9 Å². The molecular formula is C19H27F4IN5O-. The first-order valence-electron chi connectivity index (χ1n) is 9.94. The molecule has 6 nitrogen and oxygen atoms in total. The second-order valence-corrected chi connectivity index (χ2v) is 10.3. The zero-order valence-electron chi connectivity index (χ0n) is 16.5. The molecule has 2 aliphatic rings. The first-order chi connectivity index (χ1) is 14.3. The van der Waals surface area contributed by atoms with Crippen molar-refractivity contribution in [2.24, 2.45) is 5.10 Å². The number of nitrogens with one attached hydrogen (secondary N) is 1. The van der Waals surface area contributed by atoms with Crippen LogP contribution in [0.1, 0.15) is 37.7 Å². The van der Waals surface area contributed by atoms with Crippen LogP contribution in [0.5, 0.6) is 0 Å². The molecule has 0 bridgehead atoms. The first kappa shape index (κ1) is 23.5. The molecule has 0 radical (unpaired) electrons. The molecule has 0 amide bonds. The summed E-state index contributed by atoms with van der Waals surface area (Å²) in [7, 11) is 0. The van der Waals surface area contributed by atoms with Crippen molar-refractivity contribution in [3.8, 4) is 0 Å². The normalized spacial score (nSPS) is 22.1. The van der Waals surface area contributed by atoms with Gasteiger partial charge < -0.3 is 0 Å². The molecule has 4 N–H and O–H groups in total. The Morgan fingerprint density at radius 3 is 2.60 bits per heavy atom. The molecule has 170 valence electrons. The summed E-state index contributed by atoms with van der Waals surface area (Å²) in [6.07, 6.45) is -1.55. The SMILES string of the molecule is Nc1cccc(CN(C[I-]N2CCCCCC2)C(O)C2CC(C(F)(F)F)=NN2)c1F. The van der Waals surface area contributed by atoms with Gasteiger partial charge in [-0.05, 0) is 0 Å². The number of benzene rings is 1. The molecule has 1 aromatic carbocycles. The van der Waals surface area contributed by atoms with E-state index in [1.54, 1.807) is 17.0 Å². The van der Waals surface area contributed by atoms with Gasteiger partial charge in [-0.3, -0.25) is 0 Å². The van der Waals surface area contributed by atoms with Gasteiger partial charge in [0.1, 0.15) is 0 Å². The zero-order valence-corrected chi connectivity index (χ0v) is 18.7. The van der Waals surface area contributed by atoms with Crippen molar-refractivity contribution in [1.29, 1.82) is 0 Å². The molecule has 2 atom stereocenters. The number of aliphatic hydroxyl groups is 1. The fourth-order valence-electron chi connectivity index (χ4n) is 3.51. The summed E-state index contributed by atoms with van der Waals surface area (Å²) < 4.78 is 56.2. The van der Waals surface area contributed by atoms with Crippen molar-refractivity contribution in [1.82, 2.24) is 13.4 Å². The van der Waals surface area contributed by atoms with Gasteiger partial charge in [0.15, 0.2) is 0 Å².